The van der Waals surface area contributed by atoms with Crippen molar-refractivity contribution in [1.82, 2.24) is 0 Å². The highest BCUT2D eigenvalue weighted by Crippen LogP contribution is 2.40. The standard InChI is InChI=1S/C20H19NO2/c1-3-18-15(14-9-5-7-11-19(14)23-18)12-16-13-8-4-6-10-17(13)21(2)20(16)22/h4-11,16H,3,12H2,1-2H3. The second-order valence-corrected chi connectivity index (χ2v) is 6.07. The summed E-state index contributed by atoms with van der Waals surface area (Å²) in [5, 5.41) is 1.13. The molecule has 1 aromatic heterocycles. The van der Waals surface area contributed by atoms with Crippen molar-refractivity contribution >= 4 is 22.6 Å². The molecule has 1 aliphatic rings. The van der Waals surface area contributed by atoms with Crippen LogP contribution in [0.3, 0.4) is 0 Å². The van der Waals surface area contributed by atoms with Gasteiger partial charge >= 0.3 is 0 Å². The number of fused-ring (bicyclic) bond motifs is 2. The molecule has 0 fully saturated rings. The first-order chi connectivity index (χ1) is 11.2. The van der Waals surface area contributed by atoms with E-state index in [1.807, 2.05) is 43.4 Å². The highest BCUT2D eigenvalue weighted by atomic mass is 16.3. The Labute approximate surface area is 135 Å². The summed E-state index contributed by atoms with van der Waals surface area (Å²) in [5.41, 5.74) is 4.22. The number of anilines is 1. The van der Waals surface area contributed by atoms with Crippen LogP contribution in [-0.4, -0.2) is 13.0 Å². The first-order valence-corrected chi connectivity index (χ1v) is 8.06. The molecule has 3 nitrogen and oxygen atoms in total. The molecule has 1 atom stereocenters. The number of nitrogens with zero attached hydrogens (tertiary/aromatic N) is 1. The fourth-order valence-electron chi connectivity index (χ4n) is 3.63. The third-order valence-electron chi connectivity index (χ3n) is 4.81. The van der Waals surface area contributed by atoms with Crippen LogP contribution in [0.4, 0.5) is 5.69 Å². The fraction of sp³-hybridized carbons (Fsp3) is 0.250. The van der Waals surface area contributed by atoms with Crippen LogP contribution in [0.15, 0.2) is 52.9 Å². The predicted molar refractivity (Wildman–Crippen MR) is 91.9 cm³/mol. The maximum Gasteiger partial charge on any atom is 0.234 e. The molecule has 1 unspecified atom stereocenters. The van der Waals surface area contributed by atoms with Crippen LogP contribution in [0.25, 0.3) is 11.0 Å². The van der Waals surface area contributed by atoms with E-state index >= 15 is 0 Å². The lowest BCUT2D eigenvalue weighted by Gasteiger charge is -2.11. The van der Waals surface area contributed by atoms with Gasteiger partial charge in [0.1, 0.15) is 11.3 Å². The average molecular weight is 305 g/mol. The summed E-state index contributed by atoms with van der Waals surface area (Å²) in [6, 6.07) is 16.2. The van der Waals surface area contributed by atoms with Gasteiger partial charge in [-0.1, -0.05) is 43.3 Å². The van der Waals surface area contributed by atoms with Gasteiger partial charge in [-0.25, -0.2) is 0 Å². The number of hydrogen-bond donors (Lipinski definition) is 0. The lowest BCUT2D eigenvalue weighted by molar-refractivity contribution is -0.119. The third kappa shape index (κ3) is 2.07. The summed E-state index contributed by atoms with van der Waals surface area (Å²) in [6.45, 7) is 2.09. The summed E-state index contributed by atoms with van der Waals surface area (Å²) in [4.78, 5) is 14.5. The Morgan fingerprint density at radius 3 is 2.65 bits per heavy atom. The Morgan fingerprint density at radius 2 is 1.83 bits per heavy atom. The first-order valence-electron chi connectivity index (χ1n) is 8.06. The van der Waals surface area contributed by atoms with E-state index in [-0.39, 0.29) is 11.8 Å². The van der Waals surface area contributed by atoms with Gasteiger partial charge in [0.25, 0.3) is 0 Å². The second-order valence-electron chi connectivity index (χ2n) is 6.07. The van der Waals surface area contributed by atoms with E-state index in [1.54, 1.807) is 4.90 Å². The van der Waals surface area contributed by atoms with Crippen LogP contribution in [0.5, 0.6) is 0 Å². The average Bonchev–Trinajstić information content (AvgIpc) is 3.06. The minimum absolute atomic E-state index is 0.123. The lowest BCUT2D eigenvalue weighted by Crippen LogP contribution is -2.25. The molecule has 2 heterocycles. The largest absolute Gasteiger partial charge is 0.461 e. The smallest absolute Gasteiger partial charge is 0.234 e. The van der Waals surface area contributed by atoms with Crippen molar-refractivity contribution in [3.8, 4) is 0 Å². The van der Waals surface area contributed by atoms with Crippen LogP contribution >= 0.6 is 0 Å². The molecule has 0 saturated carbocycles. The number of furan rings is 1. The van der Waals surface area contributed by atoms with Crippen molar-refractivity contribution in [2.75, 3.05) is 11.9 Å². The van der Waals surface area contributed by atoms with E-state index in [0.29, 0.717) is 6.42 Å². The number of hydrogen-bond acceptors (Lipinski definition) is 2. The monoisotopic (exact) mass is 305 g/mol. The number of aryl methyl sites for hydroxylation is 1. The Bertz CT molecular complexity index is 894. The van der Waals surface area contributed by atoms with Gasteiger partial charge in [0.2, 0.25) is 5.91 Å². The van der Waals surface area contributed by atoms with E-state index in [1.165, 1.54) is 5.56 Å². The number of likely N-dealkylation sites (N-methyl/N-ethyl adjacent to an activating group) is 1. The Kier molecular flexibility index (Phi) is 3.22. The molecule has 3 heteroatoms. The number of carbonyl (C=O) groups is 1. The van der Waals surface area contributed by atoms with Crippen LogP contribution < -0.4 is 4.90 Å². The van der Waals surface area contributed by atoms with E-state index in [4.69, 9.17) is 4.42 Å². The normalized spacial score (nSPS) is 17.0. The zero-order chi connectivity index (χ0) is 16.0. The van der Waals surface area contributed by atoms with E-state index in [9.17, 15) is 4.79 Å². The zero-order valence-corrected chi connectivity index (χ0v) is 13.4. The molecule has 0 N–H and O–H groups in total. The summed E-state index contributed by atoms with van der Waals surface area (Å²) >= 11 is 0. The van der Waals surface area contributed by atoms with Gasteiger partial charge in [0, 0.05) is 30.1 Å². The summed E-state index contributed by atoms with van der Waals surface area (Å²) < 4.78 is 5.98. The molecular weight excluding hydrogens is 286 g/mol. The van der Waals surface area contributed by atoms with Gasteiger partial charge in [0.15, 0.2) is 0 Å². The SMILES string of the molecule is CCc1oc2ccccc2c1CC1C(=O)N(C)c2ccccc21. The van der Waals surface area contributed by atoms with Crippen molar-refractivity contribution in [1.29, 1.82) is 0 Å². The maximum atomic E-state index is 12.7. The van der Waals surface area contributed by atoms with Gasteiger partial charge in [0.05, 0.1) is 5.92 Å². The van der Waals surface area contributed by atoms with Crippen molar-refractivity contribution < 1.29 is 9.21 Å². The Hall–Kier alpha value is -2.55. The molecular formula is C20H19NO2. The van der Waals surface area contributed by atoms with Crippen molar-refractivity contribution in [3.05, 3.63) is 65.4 Å². The molecule has 4 rings (SSSR count). The molecule has 23 heavy (non-hydrogen) atoms. The van der Waals surface area contributed by atoms with E-state index < -0.39 is 0 Å². The van der Waals surface area contributed by atoms with Crippen LogP contribution in [-0.2, 0) is 17.6 Å². The number of para-hydroxylation sites is 2. The fourth-order valence-corrected chi connectivity index (χ4v) is 3.63. The molecule has 0 radical (unpaired) electrons. The number of carbonyl (C=O) groups excluding carboxylic acids is 1. The Balaban J connectivity index is 1.81. The zero-order valence-electron chi connectivity index (χ0n) is 13.4. The van der Waals surface area contributed by atoms with Crippen LogP contribution in [0, 0.1) is 0 Å². The summed E-state index contributed by atoms with van der Waals surface area (Å²) in [5.74, 6) is 1.03. The minimum Gasteiger partial charge on any atom is -0.461 e. The highest BCUT2D eigenvalue weighted by molar-refractivity contribution is 6.05. The molecule has 1 aliphatic heterocycles. The van der Waals surface area contributed by atoms with Crippen molar-refractivity contribution in [2.24, 2.45) is 0 Å². The Morgan fingerprint density at radius 1 is 1.09 bits per heavy atom. The van der Waals surface area contributed by atoms with Gasteiger partial charge in [-0.15, -0.1) is 0 Å². The molecule has 0 aliphatic carbocycles. The second kappa shape index (κ2) is 5.27. The molecule has 0 bridgehead atoms. The molecule has 1 amide bonds. The quantitative estimate of drug-likeness (QED) is 0.723. The third-order valence-corrected chi connectivity index (χ3v) is 4.81. The van der Waals surface area contributed by atoms with E-state index in [0.717, 1.165) is 34.4 Å². The van der Waals surface area contributed by atoms with E-state index in [2.05, 4.69) is 19.1 Å². The number of benzene rings is 2. The van der Waals surface area contributed by atoms with Gasteiger partial charge in [-0.2, -0.15) is 0 Å². The van der Waals surface area contributed by atoms with Crippen molar-refractivity contribution in [3.63, 3.8) is 0 Å². The minimum atomic E-state index is -0.123. The number of amides is 1. The molecule has 0 spiro atoms. The molecule has 3 aromatic rings. The number of rotatable bonds is 3. The predicted octanol–water partition coefficient (Wildman–Crippen LogP) is 4.30. The van der Waals surface area contributed by atoms with Crippen LogP contribution in [0.2, 0.25) is 0 Å². The van der Waals surface area contributed by atoms with Crippen LogP contribution in [0.1, 0.15) is 29.7 Å². The molecule has 116 valence electrons. The highest BCUT2D eigenvalue weighted by Gasteiger charge is 2.35. The molecule has 2 aromatic carbocycles. The van der Waals surface area contributed by atoms with Gasteiger partial charge in [-0.05, 0) is 24.1 Å². The summed E-state index contributed by atoms with van der Waals surface area (Å²) in [7, 11) is 1.86. The maximum absolute atomic E-state index is 12.7. The molecule has 0 saturated heterocycles. The van der Waals surface area contributed by atoms with Gasteiger partial charge < -0.3 is 9.32 Å². The summed E-state index contributed by atoms with van der Waals surface area (Å²) in [6.07, 6.45) is 1.53. The first kappa shape index (κ1) is 14.1. The van der Waals surface area contributed by atoms with Crippen molar-refractivity contribution in [2.45, 2.75) is 25.7 Å². The topological polar surface area (TPSA) is 33.5 Å². The van der Waals surface area contributed by atoms with Gasteiger partial charge in [-0.3, -0.25) is 4.79 Å². The lowest BCUT2D eigenvalue weighted by atomic mass is 9.91.